The van der Waals surface area contributed by atoms with E-state index in [1.807, 2.05) is 13.0 Å². The standard InChI is InChI=1S/C14H26N4/c1-6-12(7-2)18(9-10(3)4)14-8-13(15)16-11(5)17-14/h8,10,12H,6-7,9H2,1-5H3,(H2,15,16,17). The highest BCUT2D eigenvalue weighted by molar-refractivity contribution is 5.47. The Bertz CT molecular complexity index is 352. The fourth-order valence-electron chi connectivity index (χ4n) is 2.27. The van der Waals surface area contributed by atoms with E-state index in [2.05, 4.69) is 42.6 Å². The molecule has 1 aromatic heterocycles. The average molecular weight is 250 g/mol. The Morgan fingerprint density at radius 2 is 1.83 bits per heavy atom. The number of nitrogens with two attached hydrogens (primary N) is 1. The fraction of sp³-hybridized carbons (Fsp3) is 0.714. The fourth-order valence-corrected chi connectivity index (χ4v) is 2.27. The Morgan fingerprint density at radius 3 is 2.28 bits per heavy atom. The van der Waals surface area contributed by atoms with Gasteiger partial charge in [-0.1, -0.05) is 27.7 Å². The van der Waals surface area contributed by atoms with Gasteiger partial charge in [0.1, 0.15) is 17.5 Å². The maximum absolute atomic E-state index is 5.83. The van der Waals surface area contributed by atoms with Gasteiger partial charge in [0.05, 0.1) is 0 Å². The van der Waals surface area contributed by atoms with Gasteiger partial charge in [0.2, 0.25) is 0 Å². The van der Waals surface area contributed by atoms with Gasteiger partial charge in [-0.25, -0.2) is 9.97 Å². The van der Waals surface area contributed by atoms with E-state index >= 15 is 0 Å². The number of anilines is 2. The van der Waals surface area contributed by atoms with Crippen molar-refractivity contribution in [1.29, 1.82) is 0 Å². The van der Waals surface area contributed by atoms with Crippen LogP contribution in [0, 0.1) is 12.8 Å². The van der Waals surface area contributed by atoms with Crippen molar-refractivity contribution in [3.8, 4) is 0 Å². The molecule has 1 aromatic rings. The summed E-state index contributed by atoms with van der Waals surface area (Å²) in [4.78, 5) is 11.1. The summed E-state index contributed by atoms with van der Waals surface area (Å²) in [6.07, 6.45) is 2.23. The molecule has 1 heterocycles. The molecule has 4 heteroatoms. The van der Waals surface area contributed by atoms with Crippen molar-refractivity contribution in [2.24, 2.45) is 5.92 Å². The first kappa shape index (κ1) is 14.7. The molecule has 1 rings (SSSR count). The molecule has 0 aliphatic heterocycles. The molecule has 0 aromatic carbocycles. The molecule has 0 radical (unpaired) electrons. The van der Waals surface area contributed by atoms with Crippen molar-refractivity contribution in [2.45, 2.75) is 53.5 Å². The Labute approximate surface area is 111 Å². The predicted octanol–water partition coefficient (Wildman–Crippen LogP) is 3.02. The molecule has 2 N–H and O–H groups in total. The van der Waals surface area contributed by atoms with Crippen LogP contribution in [0.15, 0.2) is 6.07 Å². The number of rotatable bonds is 6. The SMILES string of the molecule is CCC(CC)N(CC(C)C)c1cc(N)nc(C)n1. The second-order valence-electron chi connectivity index (χ2n) is 5.21. The molecular weight excluding hydrogens is 224 g/mol. The highest BCUT2D eigenvalue weighted by Gasteiger charge is 2.18. The quantitative estimate of drug-likeness (QED) is 0.843. The maximum atomic E-state index is 5.83. The van der Waals surface area contributed by atoms with E-state index in [1.165, 1.54) is 0 Å². The van der Waals surface area contributed by atoms with Crippen molar-refractivity contribution < 1.29 is 0 Å². The molecule has 0 atom stereocenters. The van der Waals surface area contributed by atoms with Gasteiger partial charge in [-0.15, -0.1) is 0 Å². The second-order valence-corrected chi connectivity index (χ2v) is 5.21. The van der Waals surface area contributed by atoms with Gasteiger partial charge in [0.15, 0.2) is 0 Å². The Balaban J connectivity index is 3.07. The Morgan fingerprint density at radius 1 is 1.22 bits per heavy atom. The third kappa shape index (κ3) is 3.86. The first-order chi connectivity index (χ1) is 8.47. The van der Waals surface area contributed by atoms with Crippen LogP contribution in [-0.2, 0) is 0 Å². The predicted molar refractivity (Wildman–Crippen MR) is 77.7 cm³/mol. The van der Waals surface area contributed by atoms with Crippen LogP contribution in [0.5, 0.6) is 0 Å². The van der Waals surface area contributed by atoms with Crippen LogP contribution in [0.4, 0.5) is 11.6 Å². The van der Waals surface area contributed by atoms with E-state index in [4.69, 9.17) is 5.73 Å². The van der Waals surface area contributed by atoms with Crippen LogP contribution >= 0.6 is 0 Å². The number of hydrogen-bond donors (Lipinski definition) is 1. The lowest BCUT2D eigenvalue weighted by atomic mass is 10.1. The van der Waals surface area contributed by atoms with Gasteiger partial charge in [-0.2, -0.15) is 0 Å². The summed E-state index contributed by atoms with van der Waals surface area (Å²) < 4.78 is 0. The van der Waals surface area contributed by atoms with Gasteiger partial charge in [-0.3, -0.25) is 0 Å². The van der Waals surface area contributed by atoms with Crippen molar-refractivity contribution >= 4 is 11.6 Å². The van der Waals surface area contributed by atoms with Crippen LogP contribution in [0.25, 0.3) is 0 Å². The third-order valence-electron chi connectivity index (χ3n) is 3.08. The number of aromatic nitrogens is 2. The largest absolute Gasteiger partial charge is 0.384 e. The topological polar surface area (TPSA) is 55.0 Å². The molecule has 0 amide bonds. The Kier molecular flexibility index (Phi) is 5.38. The van der Waals surface area contributed by atoms with Gasteiger partial charge >= 0.3 is 0 Å². The Hall–Kier alpha value is -1.32. The monoisotopic (exact) mass is 250 g/mol. The maximum Gasteiger partial charge on any atom is 0.134 e. The van der Waals surface area contributed by atoms with E-state index < -0.39 is 0 Å². The summed E-state index contributed by atoms with van der Waals surface area (Å²) >= 11 is 0. The normalized spacial score (nSPS) is 11.3. The molecule has 0 fully saturated rings. The van der Waals surface area contributed by atoms with E-state index in [-0.39, 0.29) is 0 Å². The van der Waals surface area contributed by atoms with E-state index in [9.17, 15) is 0 Å². The summed E-state index contributed by atoms with van der Waals surface area (Å²) in [5, 5.41) is 0. The van der Waals surface area contributed by atoms with Crippen LogP contribution in [0.2, 0.25) is 0 Å². The summed E-state index contributed by atoms with van der Waals surface area (Å²) in [6.45, 7) is 11.8. The summed E-state index contributed by atoms with van der Waals surface area (Å²) in [5.74, 6) is 2.85. The molecule has 0 unspecified atom stereocenters. The summed E-state index contributed by atoms with van der Waals surface area (Å²) in [7, 11) is 0. The van der Waals surface area contributed by atoms with E-state index in [1.54, 1.807) is 0 Å². The van der Waals surface area contributed by atoms with Gasteiger partial charge in [0, 0.05) is 18.7 Å². The summed E-state index contributed by atoms with van der Waals surface area (Å²) in [6, 6.07) is 2.40. The lowest BCUT2D eigenvalue weighted by Gasteiger charge is -2.33. The molecule has 0 saturated carbocycles. The number of nitrogens with zero attached hydrogens (tertiary/aromatic N) is 3. The first-order valence-corrected chi connectivity index (χ1v) is 6.85. The number of hydrogen-bond acceptors (Lipinski definition) is 4. The van der Waals surface area contributed by atoms with Crippen LogP contribution in [-0.4, -0.2) is 22.6 Å². The zero-order valence-corrected chi connectivity index (χ0v) is 12.3. The third-order valence-corrected chi connectivity index (χ3v) is 3.08. The molecule has 0 aliphatic carbocycles. The molecule has 4 nitrogen and oxygen atoms in total. The van der Waals surface area contributed by atoms with Crippen molar-refractivity contribution in [1.82, 2.24) is 9.97 Å². The zero-order chi connectivity index (χ0) is 13.7. The first-order valence-electron chi connectivity index (χ1n) is 6.85. The molecule has 0 saturated heterocycles. The van der Waals surface area contributed by atoms with E-state index in [0.29, 0.717) is 17.8 Å². The van der Waals surface area contributed by atoms with Crippen LogP contribution in [0.3, 0.4) is 0 Å². The van der Waals surface area contributed by atoms with Crippen molar-refractivity contribution in [2.75, 3.05) is 17.2 Å². The molecule has 102 valence electrons. The summed E-state index contributed by atoms with van der Waals surface area (Å²) in [5.41, 5.74) is 5.83. The lowest BCUT2D eigenvalue weighted by molar-refractivity contribution is 0.503. The van der Waals surface area contributed by atoms with E-state index in [0.717, 1.165) is 31.0 Å². The minimum atomic E-state index is 0.515. The second kappa shape index (κ2) is 6.57. The lowest BCUT2D eigenvalue weighted by Crippen LogP contribution is -2.38. The highest BCUT2D eigenvalue weighted by Crippen LogP contribution is 2.21. The minimum absolute atomic E-state index is 0.515. The van der Waals surface area contributed by atoms with Crippen LogP contribution < -0.4 is 10.6 Å². The molecule has 0 aliphatic rings. The van der Waals surface area contributed by atoms with Crippen molar-refractivity contribution in [3.63, 3.8) is 0 Å². The minimum Gasteiger partial charge on any atom is -0.384 e. The van der Waals surface area contributed by atoms with Gasteiger partial charge in [-0.05, 0) is 25.7 Å². The molecule has 0 spiro atoms. The van der Waals surface area contributed by atoms with Crippen molar-refractivity contribution in [3.05, 3.63) is 11.9 Å². The number of aryl methyl sites for hydroxylation is 1. The highest BCUT2D eigenvalue weighted by atomic mass is 15.2. The number of nitrogen functional groups attached to an aromatic ring is 1. The smallest absolute Gasteiger partial charge is 0.134 e. The molecular formula is C14H26N4. The average Bonchev–Trinajstić information content (AvgIpc) is 2.27. The molecule has 18 heavy (non-hydrogen) atoms. The zero-order valence-electron chi connectivity index (χ0n) is 12.3. The van der Waals surface area contributed by atoms with Crippen LogP contribution in [0.1, 0.15) is 46.4 Å². The molecule has 0 bridgehead atoms. The van der Waals surface area contributed by atoms with Gasteiger partial charge < -0.3 is 10.6 Å². The van der Waals surface area contributed by atoms with Gasteiger partial charge in [0.25, 0.3) is 0 Å².